The van der Waals surface area contributed by atoms with Crippen LogP contribution in [0, 0.1) is 0 Å². The molecule has 7 nitrogen and oxygen atoms in total. The summed E-state index contributed by atoms with van der Waals surface area (Å²) in [7, 11) is 1.59. The lowest BCUT2D eigenvalue weighted by molar-refractivity contribution is -0.147. The van der Waals surface area contributed by atoms with E-state index < -0.39 is 12.1 Å². The highest BCUT2D eigenvalue weighted by molar-refractivity contribution is 6.30. The molecule has 3 atom stereocenters. The van der Waals surface area contributed by atoms with Gasteiger partial charge in [0.1, 0.15) is 17.8 Å². The van der Waals surface area contributed by atoms with Crippen LogP contribution in [-0.2, 0) is 16.0 Å². The molecule has 0 unspecified atom stereocenters. The second-order valence-corrected chi connectivity index (χ2v) is 7.97. The van der Waals surface area contributed by atoms with Crippen molar-refractivity contribution >= 4 is 29.3 Å². The molecular formula is C22H22ClN3O4. The van der Waals surface area contributed by atoms with E-state index in [9.17, 15) is 14.4 Å². The number of benzene rings is 2. The number of carbonyl (C=O) groups excluding carboxylic acids is 3. The van der Waals surface area contributed by atoms with E-state index in [1.54, 1.807) is 36.3 Å². The Balaban J connectivity index is 1.41. The highest BCUT2D eigenvalue weighted by Crippen LogP contribution is 2.25. The van der Waals surface area contributed by atoms with E-state index >= 15 is 0 Å². The van der Waals surface area contributed by atoms with Crippen LogP contribution in [0.1, 0.15) is 22.3 Å². The van der Waals surface area contributed by atoms with Gasteiger partial charge in [-0.05, 0) is 48.4 Å². The minimum absolute atomic E-state index is 0.126. The molecule has 0 aliphatic carbocycles. The fourth-order valence-electron chi connectivity index (χ4n) is 3.97. The number of methoxy groups -OCH3 is 1. The molecule has 2 aliphatic heterocycles. The summed E-state index contributed by atoms with van der Waals surface area (Å²) >= 11 is 5.86. The molecule has 8 heteroatoms. The molecule has 2 aromatic carbocycles. The van der Waals surface area contributed by atoms with Crippen molar-refractivity contribution in [3.8, 4) is 5.75 Å². The van der Waals surface area contributed by atoms with Gasteiger partial charge in [0.05, 0.1) is 7.11 Å². The van der Waals surface area contributed by atoms with E-state index in [1.165, 1.54) is 0 Å². The van der Waals surface area contributed by atoms with Crippen LogP contribution in [0.4, 0.5) is 0 Å². The van der Waals surface area contributed by atoms with Crippen molar-refractivity contribution in [3.05, 3.63) is 64.7 Å². The molecule has 156 valence electrons. The summed E-state index contributed by atoms with van der Waals surface area (Å²) in [5.74, 6) is 0.172. The maximum absolute atomic E-state index is 13.0. The maximum Gasteiger partial charge on any atom is 0.251 e. The van der Waals surface area contributed by atoms with E-state index in [2.05, 4.69) is 10.6 Å². The molecule has 0 saturated carbocycles. The first-order valence-corrected chi connectivity index (χ1v) is 10.1. The van der Waals surface area contributed by atoms with Gasteiger partial charge in [0.2, 0.25) is 11.8 Å². The topological polar surface area (TPSA) is 87.7 Å². The zero-order chi connectivity index (χ0) is 21.3. The summed E-state index contributed by atoms with van der Waals surface area (Å²) in [6, 6.07) is 12.5. The lowest BCUT2D eigenvalue weighted by atomic mass is 10.0. The van der Waals surface area contributed by atoms with Crippen LogP contribution in [0.2, 0.25) is 5.02 Å². The lowest BCUT2D eigenvalue weighted by Gasteiger charge is -2.34. The van der Waals surface area contributed by atoms with Crippen LogP contribution in [0.15, 0.2) is 48.5 Å². The van der Waals surface area contributed by atoms with Crippen LogP contribution < -0.4 is 15.4 Å². The van der Waals surface area contributed by atoms with Crippen molar-refractivity contribution in [1.29, 1.82) is 0 Å². The number of ether oxygens (including phenoxy) is 1. The second-order valence-electron chi connectivity index (χ2n) is 7.53. The van der Waals surface area contributed by atoms with Crippen molar-refractivity contribution in [2.75, 3.05) is 13.7 Å². The summed E-state index contributed by atoms with van der Waals surface area (Å²) in [5.41, 5.74) is 1.41. The van der Waals surface area contributed by atoms with Gasteiger partial charge in [-0.3, -0.25) is 14.4 Å². The molecule has 0 bridgehead atoms. The van der Waals surface area contributed by atoms with Crippen LogP contribution in [0.5, 0.6) is 5.75 Å². The van der Waals surface area contributed by atoms with E-state index in [-0.39, 0.29) is 23.8 Å². The van der Waals surface area contributed by atoms with E-state index in [0.717, 1.165) is 11.3 Å². The number of hydrogen-bond donors (Lipinski definition) is 2. The fourth-order valence-corrected chi connectivity index (χ4v) is 4.09. The standard InChI is InChI=1S/C22H22ClN3O4/c1-30-17-8-2-13(3-9-17)10-18-22(29)26-12-16(11-19(26)21(28)25-18)24-20(27)14-4-6-15(23)7-5-14/h2-9,16,18-19H,10-12H2,1H3,(H,24,27)(H,25,28)/t16-,18-,19-/m0/s1. The van der Waals surface area contributed by atoms with Crippen LogP contribution >= 0.6 is 11.6 Å². The van der Waals surface area contributed by atoms with Gasteiger partial charge in [0, 0.05) is 29.6 Å². The molecular weight excluding hydrogens is 406 g/mol. The Bertz CT molecular complexity index is 961. The highest BCUT2D eigenvalue weighted by Gasteiger charge is 2.46. The van der Waals surface area contributed by atoms with Crippen molar-refractivity contribution < 1.29 is 19.1 Å². The second kappa shape index (κ2) is 8.36. The molecule has 0 radical (unpaired) electrons. The van der Waals surface area contributed by atoms with Gasteiger partial charge in [-0.15, -0.1) is 0 Å². The molecule has 2 heterocycles. The zero-order valence-corrected chi connectivity index (χ0v) is 17.2. The number of rotatable bonds is 5. The number of fused-ring (bicyclic) bond motifs is 1. The third kappa shape index (κ3) is 4.11. The van der Waals surface area contributed by atoms with Crippen LogP contribution in [0.3, 0.4) is 0 Å². The first-order chi connectivity index (χ1) is 14.4. The number of nitrogens with one attached hydrogen (secondary N) is 2. The molecule has 3 amide bonds. The SMILES string of the molecule is COc1ccc(C[C@@H]2NC(=O)[C@@H]3C[C@H](NC(=O)c4ccc(Cl)cc4)CN3C2=O)cc1. The largest absolute Gasteiger partial charge is 0.497 e. The average molecular weight is 428 g/mol. The maximum atomic E-state index is 13.0. The van der Waals surface area contributed by atoms with Crippen molar-refractivity contribution in [3.63, 3.8) is 0 Å². The minimum atomic E-state index is -0.618. The van der Waals surface area contributed by atoms with Gasteiger partial charge in [0.25, 0.3) is 5.91 Å². The van der Waals surface area contributed by atoms with E-state index in [1.807, 2.05) is 24.3 Å². The van der Waals surface area contributed by atoms with Crippen LogP contribution in [-0.4, -0.2) is 54.4 Å². The summed E-state index contributed by atoms with van der Waals surface area (Å²) < 4.78 is 5.15. The monoisotopic (exact) mass is 427 g/mol. The predicted octanol–water partition coefficient (Wildman–Crippen LogP) is 1.79. The summed E-state index contributed by atoms with van der Waals surface area (Å²) in [5, 5.41) is 6.31. The lowest BCUT2D eigenvalue weighted by Crippen LogP contribution is -2.61. The van der Waals surface area contributed by atoms with Crippen molar-refractivity contribution in [2.45, 2.75) is 31.0 Å². The first kappa shape index (κ1) is 20.2. The quantitative estimate of drug-likeness (QED) is 0.761. The molecule has 2 aliphatic rings. The highest BCUT2D eigenvalue weighted by atomic mass is 35.5. The third-order valence-electron chi connectivity index (χ3n) is 5.54. The molecule has 2 saturated heterocycles. The third-order valence-corrected chi connectivity index (χ3v) is 5.79. The van der Waals surface area contributed by atoms with E-state index in [0.29, 0.717) is 30.0 Å². The van der Waals surface area contributed by atoms with Gasteiger partial charge < -0.3 is 20.3 Å². The minimum Gasteiger partial charge on any atom is -0.497 e. The zero-order valence-electron chi connectivity index (χ0n) is 16.4. The van der Waals surface area contributed by atoms with Gasteiger partial charge in [0.15, 0.2) is 0 Å². The molecule has 0 aromatic heterocycles. The Morgan fingerprint density at radius 1 is 1.17 bits per heavy atom. The summed E-state index contributed by atoms with van der Waals surface area (Å²) in [6.07, 6.45) is 0.797. The Hall–Kier alpha value is -3.06. The Labute approximate surface area is 179 Å². The number of carbonyl (C=O) groups is 3. The Kier molecular flexibility index (Phi) is 5.63. The van der Waals surface area contributed by atoms with Crippen molar-refractivity contribution in [2.24, 2.45) is 0 Å². The van der Waals surface area contributed by atoms with E-state index in [4.69, 9.17) is 16.3 Å². The van der Waals surface area contributed by atoms with Crippen LogP contribution in [0.25, 0.3) is 0 Å². The van der Waals surface area contributed by atoms with Gasteiger partial charge in [-0.1, -0.05) is 23.7 Å². The van der Waals surface area contributed by atoms with Crippen molar-refractivity contribution in [1.82, 2.24) is 15.5 Å². The first-order valence-electron chi connectivity index (χ1n) is 9.75. The predicted molar refractivity (Wildman–Crippen MR) is 111 cm³/mol. The van der Waals surface area contributed by atoms with Gasteiger partial charge in [-0.2, -0.15) is 0 Å². The smallest absolute Gasteiger partial charge is 0.251 e. The molecule has 2 N–H and O–H groups in total. The number of halogens is 1. The molecule has 0 spiro atoms. The average Bonchev–Trinajstić information content (AvgIpc) is 3.17. The Morgan fingerprint density at radius 2 is 1.87 bits per heavy atom. The number of nitrogens with zero attached hydrogens (tertiary/aromatic N) is 1. The number of amides is 3. The number of hydrogen-bond acceptors (Lipinski definition) is 4. The summed E-state index contributed by atoms with van der Waals surface area (Å²) in [6.45, 7) is 0.315. The van der Waals surface area contributed by atoms with Gasteiger partial charge >= 0.3 is 0 Å². The summed E-state index contributed by atoms with van der Waals surface area (Å²) in [4.78, 5) is 39.6. The molecule has 4 rings (SSSR count). The Morgan fingerprint density at radius 3 is 2.53 bits per heavy atom. The number of piperazine rings is 1. The normalized spacial score (nSPS) is 23.0. The molecule has 2 aromatic rings. The molecule has 30 heavy (non-hydrogen) atoms. The fraction of sp³-hybridized carbons (Fsp3) is 0.318. The van der Waals surface area contributed by atoms with Gasteiger partial charge in [-0.25, -0.2) is 0 Å². The molecule has 2 fully saturated rings.